The molecular formula is C58H92O29. The van der Waals surface area contributed by atoms with Gasteiger partial charge in [0.1, 0.15) is 91.6 Å². The van der Waals surface area contributed by atoms with Crippen molar-refractivity contribution in [2.75, 3.05) is 26.4 Å². The average molecular weight is 1250 g/mol. The molecule has 498 valence electrons. The summed E-state index contributed by atoms with van der Waals surface area (Å²) in [7, 11) is 0. The van der Waals surface area contributed by atoms with Gasteiger partial charge >= 0.3 is 11.9 Å². The Morgan fingerprint density at radius 2 is 1.23 bits per heavy atom. The standard InChI is InChI=1S/C58H92O29/c1-21-32(64)41(82-50-43(73)58(77,20-61)52(87-50)86-46-38(70)33(65)27(63)19-78-46)40(72)48(79-21)83-42-37(69)35(67)29(18-60)81-49(42)85-45(74)24-15-53(2,3)14-23-22(24)10-12-55(5)25(23)8-9-30-54(4)16-26(62)44(57(7,51(75)76)31(54)11-13-56(30,55)6)84-47-39(71)36(68)34(66)28(17-59)80-47/h8,21-24,26-44,46-50,52,59-73,77H,9-20H2,1-7H3,(H,75,76)/t21-,22?,23+,24+,26-,27+,28+,29+,30+,31+,32-,33-,34+,35+,36-,37-,38+,39+,40+,41+,42+,43-,44-,46-,47-,48+,49-,50+,52?,54+,55+,56+,57-,58-/m0/s1. The molecule has 29 nitrogen and oxygen atoms in total. The first-order chi connectivity index (χ1) is 40.7. The highest BCUT2D eigenvalue weighted by atomic mass is 16.8. The summed E-state index contributed by atoms with van der Waals surface area (Å²) in [6.45, 7) is 10.1. The van der Waals surface area contributed by atoms with Crippen LogP contribution in [0, 0.1) is 56.7 Å². The van der Waals surface area contributed by atoms with E-state index in [1.54, 1.807) is 0 Å². The number of carboxylic acid groups (broad SMARTS) is 1. The molecule has 0 radical (unpaired) electrons. The van der Waals surface area contributed by atoms with Gasteiger partial charge in [0.2, 0.25) is 6.29 Å². The molecule has 0 bridgehead atoms. The predicted octanol–water partition coefficient (Wildman–Crippen LogP) is -4.69. The minimum absolute atomic E-state index is 0.116. The third-order valence-corrected chi connectivity index (χ3v) is 22.8. The molecule has 10 rings (SSSR count). The number of carboxylic acids is 1. The van der Waals surface area contributed by atoms with Crippen LogP contribution in [0.15, 0.2) is 11.6 Å². The van der Waals surface area contributed by atoms with E-state index in [1.807, 2.05) is 6.92 Å². The van der Waals surface area contributed by atoms with Gasteiger partial charge in [-0.15, -0.1) is 0 Å². The normalized spacial score (nSPS) is 54.9. The number of fused-ring (bicyclic) bond motifs is 7. The average Bonchev–Trinajstić information content (AvgIpc) is 1.16. The van der Waals surface area contributed by atoms with Crippen molar-refractivity contribution in [3.63, 3.8) is 0 Å². The zero-order chi connectivity index (χ0) is 63.7. The molecule has 0 aromatic carbocycles. The van der Waals surface area contributed by atoms with Crippen LogP contribution in [-0.4, -0.2) is 278 Å². The maximum Gasteiger partial charge on any atom is 0.312 e. The number of aliphatic carboxylic acids is 1. The van der Waals surface area contributed by atoms with Gasteiger partial charge in [0.15, 0.2) is 43.2 Å². The summed E-state index contributed by atoms with van der Waals surface area (Å²) in [4.78, 5) is 28.8. The fraction of sp³-hybridized carbons (Fsp3) is 0.931. The molecule has 5 aliphatic heterocycles. The third-order valence-electron chi connectivity index (χ3n) is 22.8. The van der Waals surface area contributed by atoms with Crippen molar-refractivity contribution < 1.29 is 144 Å². The van der Waals surface area contributed by atoms with Gasteiger partial charge in [-0.05, 0) is 111 Å². The van der Waals surface area contributed by atoms with Crippen LogP contribution in [0.2, 0.25) is 0 Å². The molecule has 9 fully saturated rings. The molecular weight excluding hydrogens is 1160 g/mol. The zero-order valence-electron chi connectivity index (χ0n) is 49.8. The fourth-order valence-electron chi connectivity index (χ4n) is 17.7. The molecule has 34 atom stereocenters. The first-order valence-electron chi connectivity index (χ1n) is 30.4. The Balaban J connectivity index is 0.862. The van der Waals surface area contributed by atoms with Gasteiger partial charge in [-0.25, -0.2) is 0 Å². The maximum atomic E-state index is 15.1. The Kier molecular flexibility index (Phi) is 19.1. The van der Waals surface area contributed by atoms with Crippen molar-refractivity contribution in [2.24, 2.45) is 56.7 Å². The van der Waals surface area contributed by atoms with Gasteiger partial charge in [0, 0.05) is 0 Å². The molecule has 5 heterocycles. The van der Waals surface area contributed by atoms with Crippen LogP contribution >= 0.6 is 0 Å². The van der Waals surface area contributed by atoms with Crippen LogP contribution in [0.3, 0.4) is 0 Å². The molecule has 87 heavy (non-hydrogen) atoms. The minimum Gasteiger partial charge on any atom is -0.481 e. The smallest absolute Gasteiger partial charge is 0.312 e. The van der Waals surface area contributed by atoms with Crippen LogP contribution < -0.4 is 0 Å². The largest absolute Gasteiger partial charge is 0.481 e. The molecule has 4 saturated carbocycles. The van der Waals surface area contributed by atoms with E-state index in [2.05, 4.69) is 33.8 Å². The van der Waals surface area contributed by atoms with Crippen molar-refractivity contribution in [2.45, 2.75) is 253 Å². The number of hydrogen-bond donors (Lipinski definition) is 17. The summed E-state index contributed by atoms with van der Waals surface area (Å²) < 4.78 is 58.1. The van der Waals surface area contributed by atoms with Crippen molar-refractivity contribution in [3.05, 3.63) is 11.6 Å². The van der Waals surface area contributed by atoms with Crippen molar-refractivity contribution >= 4 is 11.9 Å². The van der Waals surface area contributed by atoms with Crippen LogP contribution in [0.4, 0.5) is 0 Å². The third kappa shape index (κ3) is 11.1. The summed E-state index contributed by atoms with van der Waals surface area (Å²) in [5, 5.41) is 185. The Morgan fingerprint density at radius 1 is 0.609 bits per heavy atom. The van der Waals surface area contributed by atoms with Gasteiger partial charge in [-0.2, -0.15) is 0 Å². The molecule has 5 saturated heterocycles. The Bertz CT molecular complexity index is 2490. The van der Waals surface area contributed by atoms with Gasteiger partial charge in [0.25, 0.3) is 0 Å². The van der Waals surface area contributed by atoms with Gasteiger partial charge in [-0.1, -0.05) is 46.3 Å². The monoisotopic (exact) mass is 1250 g/mol. The number of ether oxygens (including phenoxy) is 10. The van der Waals surface area contributed by atoms with Crippen molar-refractivity contribution in [1.82, 2.24) is 0 Å². The van der Waals surface area contributed by atoms with Gasteiger partial charge in [-0.3, -0.25) is 9.59 Å². The van der Waals surface area contributed by atoms with E-state index in [0.717, 1.165) is 5.57 Å². The lowest BCUT2D eigenvalue weighted by Gasteiger charge is -2.71. The van der Waals surface area contributed by atoms with Crippen LogP contribution in [-0.2, 0) is 57.0 Å². The summed E-state index contributed by atoms with van der Waals surface area (Å²) in [5.74, 6) is -3.96. The Hall–Kier alpha value is -2.32. The number of allylic oxidation sites excluding steroid dienone is 2. The van der Waals surface area contributed by atoms with Crippen molar-refractivity contribution in [3.8, 4) is 0 Å². The molecule has 29 heteroatoms. The second kappa shape index (κ2) is 24.5. The van der Waals surface area contributed by atoms with E-state index in [9.17, 15) is 91.6 Å². The highest BCUT2D eigenvalue weighted by Crippen LogP contribution is 2.75. The van der Waals surface area contributed by atoms with Crippen LogP contribution in [0.1, 0.15) is 99.8 Å². The molecule has 0 amide bonds. The minimum atomic E-state index is -2.71. The van der Waals surface area contributed by atoms with E-state index >= 15 is 4.79 Å². The molecule has 0 spiro atoms. The second-order valence-corrected chi connectivity index (χ2v) is 28.2. The van der Waals surface area contributed by atoms with E-state index in [-0.39, 0.29) is 24.2 Å². The van der Waals surface area contributed by atoms with Gasteiger partial charge in [0.05, 0.1) is 50.0 Å². The second-order valence-electron chi connectivity index (χ2n) is 28.2. The zero-order valence-corrected chi connectivity index (χ0v) is 49.8. The predicted molar refractivity (Wildman–Crippen MR) is 286 cm³/mol. The SMILES string of the molecule is C[C@@H]1O[C@H](O[C@H]2[C@H](OC(=O)[C@@H]3CC(C)(C)C[C@H]4C5=CC[C@@H]6[C@@]7(C)C[C@H](O)[C@H](O[C@@H]8O[C@H](CO)[C@@H](O)[C@H](O)[C@H]8O)[C@@](C)(C(=O)O)[C@@H]7CC[C@@]6(C)[C@]5(C)CCC34)O[C@H](CO)[C@@H](O)[C@@H]2O)[C@H](O)[C@H](O[C@@H]2OC(O[C@@H]3OC[C@@H](O)[C@H](O)[C@H]3O)[C@](O)(CO)[C@H]2O)[C@H]1O. The summed E-state index contributed by atoms with van der Waals surface area (Å²) in [6.07, 6.45) is -36.2. The Morgan fingerprint density at radius 3 is 1.87 bits per heavy atom. The number of carbonyl (C=O) groups is 2. The summed E-state index contributed by atoms with van der Waals surface area (Å²) >= 11 is 0. The molecule has 2 unspecified atom stereocenters. The van der Waals surface area contributed by atoms with Crippen molar-refractivity contribution in [1.29, 1.82) is 0 Å². The number of esters is 1. The summed E-state index contributed by atoms with van der Waals surface area (Å²) in [6, 6.07) is 0. The van der Waals surface area contributed by atoms with Crippen LogP contribution in [0.5, 0.6) is 0 Å². The number of aliphatic hydroxyl groups excluding tert-OH is 15. The molecule has 5 aliphatic carbocycles. The highest BCUT2D eigenvalue weighted by Gasteiger charge is 2.72. The first kappa shape index (κ1) is 67.6. The van der Waals surface area contributed by atoms with E-state index < -0.39 is 230 Å². The number of carbonyl (C=O) groups excluding carboxylic acids is 1. The van der Waals surface area contributed by atoms with E-state index in [4.69, 9.17) is 47.4 Å². The molecule has 0 aromatic rings. The molecule has 17 N–H and O–H groups in total. The lowest BCUT2D eigenvalue weighted by atomic mass is 9.34. The quantitative estimate of drug-likeness (QED) is 0.0441. The lowest BCUT2D eigenvalue weighted by Crippen LogP contribution is -2.70. The topological polar surface area (TPSA) is 470 Å². The lowest BCUT2D eigenvalue weighted by molar-refractivity contribution is -0.374. The highest BCUT2D eigenvalue weighted by molar-refractivity contribution is 5.76. The maximum absolute atomic E-state index is 15.1. The number of aliphatic hydroxyl groups is 16. The first-order valence-corrected chi connectivity index (χ1v) is 30.4. The summed E-state index contributed by atoms with van der Waals surface area (Å²) in [5.41, 5.74) is -5.52. The van der Waals surface area contributed by atoms with E-state index in [0.29, 0.717) is 44.9 Å². The fourth-order valence-corrected chi connectivity index (χ4v) is 17.7. The van der Waals surface area contributed by atoms with Gasteiger partial charge < -0.3 is 134 Å². The molecule has 0 aromatic heterocycles. The Labute approximate surface area is 502 Å². The van der Waals surface area contributed by atoms with E-state index in [1.165, 1.54) is 13.8 Å². The number of hydrogen-bond acceptors (Lipinski definition) is 28. The molecule has 10 aliphatic rings. The number of rotatable bonds is 14. The van der Waals surface area contributed by atoms with Crippen LogP contribution in [0.25, 0.3) is 0 Å².